The number of nitrogens with zero attached hydrogens (tertiary/aromatic N) is 2. The molecule has 2 aromatic rings. The number of fused-ring (bicyclic) bond motifs is 1. The standard InChI is InChI=1S/C18H29N3/c1-4-20(5-2)13-9-12-19-14-16-15-21(6-3)18-11-8-7-10-17(16)18/h7-8,10-11,15,19H,4-6,9,12-14H2,1-3H3. The van der Waals surface area contributed by atoms with Crippen LogP contribution in [0.2, 0.25) is 0 Å². The monoisotopic (exact) mass is 287 g/mol. The van der Waals surface area contributed by atoms with Gasteiger partial charge in [0.05, 0.1) is 0 Å². The van der Waals surface area contributed by atoms with Crippen molar-refractivity contribution in [3.05, 3.63) is 36.0 Å². The quantitative estimate of drug-likeness (QED) is 0.713. The minimum absolute atomic E-state index is 0.964. The van der Waals surface area contributed by atoms with Crippen LogP contribution in [0, 0.1) is 0 Å². The molecule has 0 aliphatic rings. The SMILES string of the molecule is CCN(CC)CCCNCc1cn(CC)c2ccccc12. The van der Waals surface area contributed by atoms with Crippen molar-refractivity contribution in [2.75, 3.05) is 26.2 Å². The molecule has 0 amide bonds. The lowest BCUT2D eigenvalue weighted by Crippen LogP contribution is -2.27. The molecule has 21 heavy (non-hydrogen) atoms. The molecular formula is C18H29N3. The molecule has 0 atom stereocenters. The maximum absolute atomic E-state index is 3.59. The summed E-state index contributed by atoms with van der Waals surface area (Å²) in [4.78, 5) is 2.48. The summed E-state index contributed by atoms with van der Waals surface area (Å²) in [7, 11) is 0. The van der Waals surface area contributed by atoms with E-state index in [1.165, 1.54) is 29.4 Å². The minimum Gasteiger partial charge on any atom is -0.347 e. The fourth-order valence-electron chi connectivity index (χ4n) is 2.92. The summed E-state index contributed by atoms with van der Waals surface area (Å²) < 4.78 is 2.34. The molecule has 116 valence electrons. The number of rotatable bonds is 9. The third-order valence-corrected chi connectivity index (χ3v) is 4.25. The van der Waals surface area contributed by atoms with E-state index in [1.807, 2.05) is 0 Å². The average Bonchev–Trinajstić information content (AvgIpc) is 2.89. The zero-order chi connectivity index (χ0) is 15.1. The van der Waals surface area contributed by atoms with Crippen LogP contribution in [-0.2, 0) is 13.1 Å². The van der Waals surface area contributed by atoms with Crippen molar-refractivity contribution in [1.29, 1.82) is 0 Å². The average molecular weight is 287 g/mol. The van der Waals surface area contributed by atoms with Gasteiger partial charge < -0.3 is 14.8 Å². The Morgan fingerprint density at radius 1 is 1.10 bits per heavy atom. The molecule has 1 heterocycles. The molecule has 3 nitrogen and oxygen atoms in total. The number of benzene rings is 1. The predicted octanol–water partition coefficient (Wildman–Crippen LogP) is 3.48. The molecule has 0 saturated carbocycles. The van der Waals surface area contributed by atoms with Crippen molar-refractivity contribution in [3.63, 3.8) is 0 Å². The van der Waals surface area contributed by atoms with Gasteiger partial charge in [0.1, 0.15) is 0 Å². The smallest absolute Gasteiger partial charge is 0.0483 e. The highest BCUT2D eigenvalue weighted by atomic mass is 15.1. The van der Waals surface area contributed by atoms with Crippen molar-refractivity contribution in [2.24, 2.45) is 0 Å². The topological polar surface area (TPSA) is 20.2 Å². The Morgan fingerprint density at radius 2 is 1.86 bits per heavy atom. The molecule has 0 bridgehead atoms. The van der Waals surface area contributed by atoms with Crippen molar-refractivity contribution in [3.8, 4) is 0 Å². The molecule has 0 aliphatic heterocycles. The van der Waals surface area contributed by atoms with Gasteiger partial charge in [0.2, 0.25) is 0 Å². The second-order valence-corrected chi connectivity index (χ2v) is 5.51. The molecule has 1 aromatic carbocycles. The lowest BCUT2D eigenvalue weighted by Gasteiger charge is -2.17. The van der Waals surface area contributed by atoms with Gasteiger partial charge in [-0.25, -0.2) is 0 Å². The van der Waals surface area contributed by atoms with Gasteiger partial charge >= 0.3 is 0 Å². The number of para-hydroxylation sites is 1. The fraction of sp³-hybridized carbons (Fsp3) is 0.556. The van der Waals surface area contributed by atoms with Gasteiger partial charge in [-0.3, -0.25) is 0 Å². The van der Waals surface area contributed by atoms with Crippen molar-refractivity contribution >= 4 is 10.9 Å². The summed E-state index contributed by atoms with van der Waals surface area (Å²) >= 11 is 0. The van der Waals surface area contributed by atoms with Crippen molar-refractivity contribution < 1.29 is 0 Å². The Balaban J connectivity index is 1.86. The number of hydrogen-bond donors (Lipinski definition) is 1. The van der Waals surface area contributed by atoms with Crippen LogP contribution in [0.5, 0.6) is 0 Å². The summed E-state index contributed by atoms with van der Waals surface area (Å²) in [5, 5.41) is 4.98. The maximum atomic E-state index is 3.59. The Bertz CT molecular complexity index is 540. The van der Waals surface area contributed by atoms with Gasteiger partial charge in [0.15, 0.2) is 0 Å². The zero-order valence-corrected chi connectivity index (χ0v) is 13.7. The molecule has 3 heteroatoms. The van der Waals surface area contributed by atoms with Crippen LogP contribution in [0.25, 0.3) is 10.9 Å². The minimum atomic E-state index is 0.964. The van der Waals surface area contributed by atoms with Crippen LogP contribution in [0.15, 0.2) is 30.5 Å². The summed E-state index contributed by atoms with van der Waals surface area (Å²) in [6.45, 7) is 13.2. The van der Waals surface area contributed by atoms with E-state index in [2.05, 4.69) is 66.0 Å². The first-order chi connectivity index (χ1) is 10.3. The first-order valence-corrected chi connectivity index (χ1v) is 8.29. The normalized spacial score (nSPS) is 11.6. The van der Waals surface area contributed by atoms with Crippen LogP contribution in [-0.4, -0.2) is 35.6 Å². The summed E-state index contributed by atoms with van der Waals surface area (Å²) in [6, 6.07) is 8.69. The van der Waals surface area contributed by atoms with Gasteiger partial charge in [-0.2, -0.15) is 0 Å². The van der Waals surface area contributed by atoms with E-state index >= 15 is 0 Å². The van der Waals surface area contributed by atoms with Crippen LogP contribution in [0.4, 0.5) is 0 Å². The Labute approximate surface area is 128 Å². The highest BCUT2D eigenvalue weighted by Gasteiger charge is 2.06. The lowest BCUT2D eigenvalue weighted by atomic mass is 10.2. The number of nitrogens with one attached hydrogen (secondary N) is 1. The molecule has 0 fully saturated rings. The third-order valence-electron chi connectivity index (χ3n) is 4.25. The van der Waals surface area contributed by atoms with E-state index in [1.54, 1.807) is 0 Å². The second kappa shape index (κ2) is 8.20. The van der Waals surface area contributed by atoms with E-state index in [4.69, 9.17) is 0 Å². The Morgan fingerprint density at radius 3 is 2.57 bits per heavy atom. The van der Waals surface area contributed by atoms with E-state index in [0.29, 0.717) is 0 Å². The summed E-state index contributed by atoms with van der Waals surface area (Å²) in [6.07, 6.45) is 3.51. The second-order valence-electron chi connectivity index (χ2n) is 5.51. The zero-order valence-electron chi connectivity index (χ0n) is 13.7. The molecule has 2 rings (SSSR count). The van der Waals surface area contributed by atoms with E-state index in [-0.39, 0.29) is 0 Å². The number of aryl methyl sites for hydroxylation is 1. The van der Waals surface area contributed by atoms with Gasteiger partial charge in [-0.1, -0.05) is 32.0 Å². The summed E-state index contributed by atoms with van der Waals surface area (Å²) in [5.74, 6) is 0. The maximum Gasteiger partial charge on any atom is 0.0483 e. The molecule has 0 unspecified atom stereocenters. The van der Waals surface area contributed by atoms with E-state index < -0.39 is 0 Å². The van der Waals surface area contributed by atoms with Crippen molar-refractivity contribution in [2.45, 2.75) is 40.3 Å². The lowest BCUT2D eigenvalue weighted by molar-refractivity contribution is 0.298. The highest BCUT2D eigenvalue weighted by Crippen LogP contribution is 2.21. The van der Waals surface area contributed by atoms with Gasteiger partial charge in [0, 0.05) is 30.2 Å². The first-order valence-electron chi connectivity index (χ1n) is 8.29. The van der Waals surface area contributed by atoms with Crippen molar-refractivity contribution in [1.82, 2.24) is 14.8 Å². The van der Waals surface area contributed by atoms with E-state index in [9.17, 15) is 0 Å². The Kier molecular flexibility index (Phi) is 6.27. The fourth-order valence-corrected chi connectivity index (χ4v) is 2.92. The Hall–Kier alpha value is -1.32. The van der Waals surface area contributed by atoms with Crippen LogP contribution < -0.4 is 5.32 Å². The number of hydrogen-bond acceptors (Lipinski definition) is 2. The first kappa shape index (κ1) is 16.1. The largest absolute Gasteiger partial charge is 0.347 e. The third kappa shape index (κ3) is 4.08. The molecule has 1 N–H and O–H groups in total. The van der Waals surface area contributed by atoms with Gasteiger partial charge in [0.25, 0.3) is 0 Å². The molecule has 0 radical (unpaired) electrons. The number of aromatic nitrogens is 1. The molecule has 0 spiro atoms. The molecular weight excluding hydrogens is 258 g/mol. The summed E-state index contributed by atoms with van der Waals surface area (Å²) in [5.41, 5.74) is 2.76. The van der Waals surface area contributed by atoms with Crippen LogP contribution in [0.1, 0.15) is 32.8 Å². The van der Waals surface area contributed by atoms with Crippen LogP contribution >= 0.6 is 0 Å². The highest BCUT2D eigenvalue weighted by molar-refractivity contribution is 5.83. The predicted molar refractivity (Wildman–Crippen MR) is 91.7 cm³/mol. The van der Waals surface area contributed by atoms with Gasteiger partial charge in [-0.15, -0.1) is 0 Å². The van der Waals surface area contributed by atoms with Crippen LogP contribution in [0.3, 0.4) is 0 Å². The molecule has 0 saturated heterocycles. The van der Waals surface area contributed by atoms with E-state index in [0.717, 1.165) is 32.7 Å². The molecule has 1 aromatic heterocycles. The molecule has 0 aliphatic carbocycles. The van der Waals surface area contributed by atoms with Gasteiger partial charge in [-0.05, 0) is 51.2 Å².